The van der Waals surface area contributed by atoms with Gasteiger partial charge in [-0.25, -0.2) is 12.4 Å². The van der Waals surface area contributed by atoms with Crippen molar-refractivity contribution >= 4 is 32.3 Å². The predicted octanol–water partition coefficient (Wildman–Crippen LogP) is 3.75. The summed E-state index contributed by atoms with van der Waals surface area (Å²) in [5.41, 5.74) is 2.90. The lowest BCUT2D eigenvalue weighted by Crippen LogP contribution is -2.12. The van der Waals surface area contributed by atoms with Gasteiger partial charge in [-0.3, -0.25) is 4.98 Å². The van der Waals surface area contributed by atoms with Crippen molar-refractivity contribution in [2.75, 3.05) is 26.6 Å². The molecule has 0 bridgehead atoms. The fourth-order valence-electron chi connectivity index (χ4n) is 3.54. The number of aromatic nitrogens is 2. The molecule has 0 saturated carbocycles. The van der Waals surface area contributed by atoms with E-state index in [0.717, 1.165) is 22.3 Å². The number of fused-ring (bicyclic) bond motifs is 1. The van der Waals surface area contributed by atoms with E-state index < -0.39 is 10.0 Å². The molecule has 0 aliphatic rings. The number of pyridine rings is 1. The van der Waals surface area contributed by atoms with Crippen molar-refractivity contribution in [1.82, 2.24) is 14.3 Å². The van der Waals surface area contributed by atoms with Crippen LogP contribution in [0.5, 0.6) is 11.5 Å². The van der Waals surface area contributed by atoms with Gasteiger partial charge in [0.1, 0.15) is 16.4 Å². The number of ether oxygens (including phenoxy) is 2. The maximum atomic E-state index is 13.4. The number of nitrogens with one attached hydrogen (secondary N) is 2. The maximum absolute atomic E-state index is 13.4. The van der Waals surface area contributed by atoms with Gasteiger partial charge in [-0.15, -0.1) is 0 Å². The Labute approximate surface area is 186 Å². The number of methoxy groups -OCH3 is 2. The van der Waals surface area contributed by atoms with Crippen molar-refractivity contribution in [3.63, 3.8) is 0 Å². The molecule has 32 heavy (non-hydrogen) atoms. The first-order valence-corrected chi connectivity index (χ1v) is 11.3. The van der Waals surface area contributed by atoms with Gasteiger partial charge in [-0.1, -0.05) is 6.07 Å². The molecule has 0 radical (unpaired) electrons. The first-order valence-electron chi connectivity index (χ1n) is 9.91. The van der Waals surface area contributed by atoms with Gasteiger partial charge < -0.3 is 20.1 Å². The normalized spacial score (nSPS) is 11.5. The van der Waals surface area contributed by atoms with Gasteiger partial charge in [-0.2, -0.15) is 0 Å². The molecular formula is C23H24N4O4S. The summed E-state index contributed by atoms with van der Waals surface area (Å²) < 4.78 is 38.7. The Morgan fingerprint density at radius 1 is 1.06 bits per heavy atom. The lowest BCUT2D eigenvalue weighted by atomic mass is 10.1. The average molecular weight is 453 g/mol. The molecule has 2 heterocycles. The van der Waals surface area contributed by atoms with Crippen LogP contribution >= 0.6 is 0 Å². The third-order valence-electron chi connectivity index (χ3n) is 5.10. The molecule has 0 fully saturated rings. The zero-order valence-corrected chi connectivity index (χ0v) is 18.8. The lowest BCUT2D eigenvalue weighted by Gasteiger charge is -2.13. The molecule has 4 rings (SSSR count). The SMILES string of the molecule is CNCc1cn(S(=O)(=O)c2cccnc2)c2cc(Nc3ccc(OC)cc3OC)ccc12. The van der Waals surface area contributed by atoms with Crippen LogP contribution in [0.15, 0.2) is 72.0 Å². The zero-order valence-electron chi connectivity index (χ0n) is 18.0. The Balaban J connectivity index is 1.82. The fraction of sp³-hybridized carbons (Fsp3) is 0.174. The van der Waals surface area contributed by atoms with E-state index in [1.165, 1.54) is 16.2 Å². The smallest absolute Gasteiger partial charge is 0.269 e. The summed E-state index contributed by atoms with van der Waals surface area (Å²) in [7, 11) is 1.18. The van der Waals surface area contributed by atoms with E-state index in [9.17, 15) is 8.42 Å². The average Bonchev–Trinajstić information content (AvgIpc) is 3.18. The molecule has 0 saturated heterocycles. The van der Waals surface area contributed by atoms with Crippen LogP contribution in [0.3, 0.4) is 0 Å². The maximum Gasteiger partial charge on any atom is 0.269 e. The van der Waals surface area contributed by atoms with Crippen molar-refractivity contribution in [2.24, 2.45) is 0 Å². The molecule has 0 atom stereocenters. The fourth-order valence-corrected chi connectivity index (χ4v) is 4.89. The Morgan fingerprint density at radius 2 is 1.91 bits per heavy atom. The van der Waals surface area contributed by atoms with Crippen molar-refractivity contribution in [2.45, 2.75) is 11.4 Å². The van der Waals surface area contributed by atoms with E-state index in [1.807, 2.05) is 37.4 Å². The molecule has 0 unspecified atom stereocenters. The van der Waals surface area contributed by atoms with Crippen LogP contribution in [-0.2, 0) is 16.6 Å². The summed E-state index contributed by atoms with van der Waals surface area (Å²) in [6.45, 7) is 0.533. The van der Waals surface area contributed by atoms with Crippen LogP contribution in [0.1, 0.15) is 5.56 Å². The molecule has 0 amide bonds. The highest BCUT2D eigenvalue weighted by atomic mass is 32.2. The highest BCUT2D eigenvalue weighted by molar-refractivity contribution is 7.90. The van der Waals surface area contributed by atoms with E-state index in [-0.39, 0.29) is 4.90 Å². The quantitative estimate of drug-likeness (QED) is 0.420. The second-order valence-corrected chi connectivity index (χ2v) is 8.91. The predicted molar refractivity (Wildman–Crippen MR) is 124 cm³/mol. The summed E-state index contributed by atoms with van der Waals surface area (Å²) in [5, 5.41) is 7.25. The second-order valence-electron chi connectivity index (χ2n) is 7.10. The molecule has 9 heteroatoms. The van der Waals surface area contributed by atoms with Crippen LogP contribution in [-0.4, -0.2) is 38.6 Å². The summed E-state index contributed by atoms with van der Waals surface area (Å²) in [6, 6.07) is 14.2. The highest BCUT2D eigenvalue weighted by Crippen LogP contribution is 2.34. The van der Waals surface area contributed by atoms with Crippen molar-refractivity contribution in [3.8, 4) is 11.5 Å². The Kier molecular flexibility index (Phi) is 6.02. The van der Waals surface area contributed by atoms with E-state index in [0.29, 0.717) is 23.6 Å². The van der Waals surface area contributed by atoms with Crippen LogP contribution in [0, 0.1) is 0 Å². The minimum Gasteiger partial charge on any atom is -0.497 e. The van der Waals surface area contributed by atoms with E-state index in [2.05, 4.69) is 15.6 Å². The number of anilines is 2. The highest BCUT2D eigenvalue weighted by Gasteiger charge is 2.21. The molecule has 4 aromatic rings. The Hall–Kier alpha value is -3.56. The third kappa shape index (κ3) is 4.00. The van der Waals surface area contributed by atoms with Crippen molar-refractivity contribution in [1.29, 1.82) is 0 Å². The molecule has 0 aliphatic heterocycles. The van der Waals surface area contributed by atoms with E-state index >= 15 is 0 Å². The van der Waals surface area contributed by atoms with Crippen LogP contribution in [0.2, 0.25) is 0 Å². The molecule has 0 spiro atoms. The monoisotopic (exact) mass is 452 g/mol. The second kappa shape index (κ2) is 8.89. The number of benzene rings is 2. The molecule has 2 N–H and O–H groups in total. The summed E-state index contributed by atoms with van der Waals surface area (Å²) in [4.78, 5) is 4.09. The molecule has 8 nitrogen and oxygen atoms in total. The number of nitrogens with zero attached hydrogens (tertiary/aromatic N) is 2. The summed E-state index contributed by atoms with van der Waals surface area (Å²) in [6.07, 6.45) is 4.55. The number of hydrogen-bond acceptors (Lipinski definition) is 7. The number of hydrogen-bond donors (Lipinski definition) is 2. The van der Waals surface area contributed by atoms with Gasteiger partial charge in [0.2, 0.25) is 0 Å². The standard InChI is InChI=1S/C23H24N4O4S/c1-24-13-16-15-27(32(28,29)19-5-4-10-25-14-19)22-11-17(6-8-20(16)22)26-21-9-7-18(30-2)12-23(21)31-3/h4-12,14-15,24,26H,13H2,1-3H3. The van der Waals surface area contributed by atoms with Crippen molar-refractivity contribution in [3.05, 3.63) is 72.7 Å². The van der Waals surface area contributed by atoms with Gasteiger partial charge in [0, 0.05) is 42.3 Å². The molecule has 2 aromatic carbocycles. The zero-order chi connectivity index (χ0) is 22.7. The lowest BCUT2D eigenvalue weighted by molar-refractivity contribution is 0.395. The number of rotatable bonds is 8. The van der Waals surface area contributed by atoms with E-state index in [1.54, 1.807) is 38.7 Å². The van der Waals surface area contributed by atoms with Crippen LogP contribution < -0.4 is 20.1 Å². The van der Waals surface area contributed by atoms with Crippen LogP contribution in [0.25, 0.3) is 10.9 Å². The van der Waals surface area contributed by atoms with Crippen LogP contribution in [0.4, 0.5) is 11.4 Å². The van der Waals surface area contributed by atoms with Gasteiger partial charge in [0.15, 0.2) is 0 Å². The Bertz CT molecular complexity index is 1350. The van der Waals surface area contributed by atoms with E-state index in [4.69, 9.17) is 9.47 Å². The first kappa shape index (κ1) is 21.7. The van der Waals surface area contributed by atoms with Gasteiger partial charge in [-0.05, 0) is 49.0 Å². The topological polar surface area (TPSA) is 94.5 Å². The minimum absolute atomic E-state index is 0.128. The van der Waals surface area contributed by atoms with Gasteiger partial charge >= 0.3 is 0 Å². The minimum atomic E-state index is -3.82. The Morgan fingerprint density at radius 3 is 2.59 bits per heavy atom. The summed E-state index contributed by atoms with van der Waals surface area (Å²) in [5.74, 6) is 1.29. The molecule has 0 aliphatic carbocycles. The molecule has 166 valence electrons. The van der Waals surface area contributed by atoms with Crippen molar-refractivity contribution < 1.29 is 17.9 Å². The first-order chi connectivity index (χ1) is 15.5. The van der Waals surface area contributed by atoms with Gasteiger partial charge in [0.25, 0.3) is 10.0 Å². The van der Waals surface area contributed by atoms with Gasteiger partial charge in [0.05, 0.1) is 25.4 Å². The molecular weight excluding hydrogens is 428 g/mol. The third-order valence-corrected chi connectivity index (χ3v) is 6.76. The largest absolute Gasteiger partial charge is 0.497 e. The summed E-state index contributed by atoms with van der Waals surface area (Å²) >= 11 is 0. The molecule has 2 aromatic heterocycles.